The maximum absolute atomic E-state index is 12.7. The van der Waals surface area contributed by atoms with E-state index < -0.39 is 0 Å². The minimum absolute atomic E-state index is 0.110. The van der Waals surface area contributed by atoms with Gasteiger partial charge in [0, 0.05) is 37.3 Å². The molecule has 1 amide bonds. The highest BCUT2D eigenvalue weighted by molar-refractivity contribution is 5.96. The van der Waals surface area contributed by atoms with Crippen LogP contribution in [0.3, 0.4) is 0 Å². The maximum Gasteiger partial charge on any atom is 0.272 e. The molecule has 0 bridgehead atoms. The molecule has 1 unspecified atom stereocenters. The van der Waals surface area contributed by atoms with Gasteiger partial charge in [0.1, 0.15) is 12.4 Å². The van der Waals surface area contributed by atoms with Crippen molar-refractivity contribution in [1.82, 2.24) is 20.0 Å². The first kappa shape index (κ1) is 18.0. The van der Waals surface area contributed by atoms with E-state index in [0.717, 1.165) is 35.5 Å². The SMILES string of the molecule is CC1CCCCN1CCCNC(=O)c1nn(C)c2c1COc1ccccc1-2. The quantitative estimate of drug-likeness (QED) is 0.825. The van der Waals surface area contributed by atoms with Crippen LogP contribution >= 0.6 is 0 Å². The van der Waals surface area contributed by atoms with Gasteiger partial charge in [-0.2, -0.15) is 5.10 Å². The Hall–Kier alpha value is -2.34. The smallest absolute Gasteiger partial charge is 0.272 e. The monoisotopic (exact) mass is 368 g/mol. The second-order valence-corrected chi connectivity index (χ2v) is 7.57. The van der Waals surface area contributed by atoms with E-state index in [-0.39, 0.29) is 5.91 Å². The van der Waals surface area contributed by atoms with Crippen molar-refractivity contribution in [2.45, 2.75) is 45.3 Å². The number of carbonyl (C=O) groups is 1. The lowest BCUT2D eigenvalue weighted by Gasteiger charge is -2.33. The van der Waals surface area contributed by atoms with Crippen LogP contribution in [0.5, 0.6) is 5.75 Å². The topological polar surface area (TPSA) is 59.4 Å². The highest BCUT2D eigenvalue weighted by Crippen LogP contribution is 2.38. The van der Waals surface area contributed by atoms with Crippen LogP contribution in [-0.2, 0) is 13.7 Å². The van der Waals surface area contributed by atoms with Gasteiger partial charge in [0.25, 0.3) is 5.91 Å². The first-order valence-electron chi connectivity index (χ1n) is 9.95. The van der Waals surface area contributed by atoms with E-state index in [9.17, 15) is 4.79 Å². The number of fused-ring (bicyclic) bond motifs is 3. The van der Waals surface area contributed by atoms with E-state index in [4.69, 9.17) is 4.74 Å². The molecule has 144 valence electrons. The molecule has 2 aromatic rings. The largest absolute Gasteiger partial charge is 0.488 e. The Kier molecular flexibility index (Phi) is 5.16. The third-order valence-electron chi connectivity index (χ3n) is 5.72. The zero-order chi connectivity index (χ0) is 18.8. The highest BCUT2D eigenvalue weighted by atomic mass is 16.5. The summed E-state index contributed by atoms with van der Waals surface area (Å²) < 4.78 is 7.62. The molecule has 4 rings (SSSR count). The van der Waals surface area contributed by atoms with Crippen molar-refractivity contribution in [2.24, 2.45) is 7.05 Å². The minimum Gasteiger partial charge on any atom is -0.488 e. The number of hydrogen-bond donors (Lipinski definition) is 1. The Morgan fingerprint density at radius 1 is 1.33 bits per heavy atom. The van der Waals surface area contributed by atoms with Gasteiger partial charge in [-0.15, -0.1) is 0 Å². The zero-order valence-electron chi connectivity index (χ0n) is 16.2. The molecule has 6 heteroatoms. The molecule has 1 saturated heterocycles. The van der Waals surface area contributed by atoms with E-state index in [1.165, 1.54) is 25.8 Å². The number of aryl methyl sites for hydroxylation is 1. The molecule has 1 atom stereocenters. The summed E-state index contributed by atoms with van der Waals surface area (Å²) in [6.45, 7) is 5.58. The molecule has 0 spiro atoms. The van der Waals surface area contributed by atoms with Crippen LogP contribution in [-0.4, -0.2) is 46.3 Å². The normalized spacial score (nSPS) is 19.1. The van der Waals surface area contributed by atoms with Gasteiger partial charge in [-0.25, -0.2) is 0 Å². The Morgan fingerprint density at radius 3 is 3.04 bits per heavy atom. The Bertz CT molecular complexity index is 830. The molecular formula is C21H28N4O2. The third-order valence-corrected chi connectivity index (χ3v) is 5.72. The molecule has 3 heterocycles. The average Bonchev–Trinajstić information content (AvgIpc) is 3.03. The van der Waals surface area contributed by atoms with E-state index in [1.807, 2.05) is 31.3 Å². The zero-order valence-corrected chi connectivity index (χ0v) is 16.2. The maximum atomic E-state index is 12.7. The number of para-hydroxylation sites is 1. The number of rotatable bonds is 5. The number of aromatic nitrogens is 2. The molecule has 1 fully saturated rings. The fraction of sp³-hybridized carbons (Fsp3) is 0.524. The summed E-state index contributed by atoms with van der Waals surface area (Å²) in [6.07, 6.45) is 4.88. The average molecular weight is 368 g/mol. The fourth-order valence-corrected chi connectivity index (χ4v) is 4.22. The predicted molar refractivity (Wildman–Crippen MR) is 105 cm³/mol. The van der Waals surface area contributed by atoms with Crippen molar-refractivity contribution in [3.63, 3.8) is 0 Å². The van der Waals surface area contributed by atoms with Crippen LogP contribution in [0.2, 0.25) is 0 Å². The minimum atomic E-state index is -0.110. The fourth-order valence-electron chi connectivity index (χ4n) is 4.22. The van der Waals surface area contributed by atoms with E-state index >= 15 is 0 Å². The number of hydrogen-bond acceptors (Lipinski definition) is 4. The molecule has 2 aliphatic rings. The van der Waals surface area contributed by atoms with Crippen molar-refractivity contribution in [1.29, 1.82) is 0 Å². The summed E-state index contributed by atoms with van der Waals surface area (Å²) in [5.74, 6) is 0.733. The standard InChI is InChI=1S/C21H28N4O2/c1-15-8-5-6-12-25(15)13-7-11-22-21(26)19-17-14-27-18-10-4-3-9-16(18)20(17)24(2)23-19/h3-4,9-10,15H,5-8,11-14H2,1-2H3,(H,22,26). The molecule has 27 heavy (non-hydrogen) atoms. The first-order chi connectivity index (χ1) is 13.1. The number of benzene rings is 1. The van der Waals surface area contributed by atoms with Gasteiger partial charge in [0.05, 0.1) is 5.69 Å². The number of nitrogens with zero attached hydrogens (tertiary/aromatic N) is 3. The van der Waals surface area contributed by atoms with Gasteiger partial charge >= 0.3 is 0 Å². The lowest BCUT2D eigenvalue weighted by molar-refractivity contribution is 0.0940. The van der Waals surface area contributed by atoms with Crippen molar-refractivity contribution in [2.75, 3.05) is 19.6 Å². The van der Waals surface area contributed by atoms with Crippen molar-refractivity contribution >= 4 is 5.91 Å². The number of nitrogens with one attached hydrogen (secondary N) is 1. The van der Waals surface area contributed by atoms with Crippen molar-refractivity contribution < 1.29 is 9.53 Å². The number of piperidine rings is 1. The summed E-state index contributed by atoms with van der Waals surface area (Å²) >= 11 is 0. The van der Waals surface area contributed by atoms with Gasteiger partial charge in [-0.05, 0) is 44.9 Å². The van der Waals surface area contributed by atoms with E-state index in [2.05, 4.69) is 22.2 Å². The molecular weight excluding hydrogens is 340 g/mol. The number of likely N-dealkylation sites (tertiary alicyclic amines) is 1. The molecule has 0 saturated carbocycles. The van der Waals surface area contributed by atoms with E-state index in [0.29, 0.717) is 24.9 Å². The highest BCUT2D eigenvalue weighted by Gasteiger charge is 2.28. The Labute approximate surface area is 160 Å². The van der Waals surface area contributed by atoms with Crippen LogP contribution in [0.4, 0.5) is 0 Å². The molecule has 0 radical (unpaired) electrons. The Morgan fingerprint density at radius 2 is 2.19 bits per heavy atom. The second-order valence-electron chi connectivity index (χ2n) is 7.57. The molecule has 1 aromatic carbocycles. The lowest BCUT2D eigenvalue weighted by Crippen LogP contribution is -2.39. The summed E-state index contributed by atoms with van der Waals surface area (Å²) in [5, 5.41) is 7.53. The number of amides is 1. The van der Waals surface area contributed by atoms with Gasteiger partial charge < -0.3 is 15.0 Å². The van der Waals surface area contributed by atoms with Crippen LogP contribution in [0.15, 0.2) is 24.3 Å². The van der Waals surface area contributed by atoms with Crippen LogP contribution in [0, 0.1) is 0 Å². The summed E-state index contributed by atoms with van der Waals surface area (Å²) in [4.78, 5) is 15.2. The van der Waals surface area contributed by atoms with Gasteiger partial charge in [0.2, 0.25) is 0 Å². The summed E-state index contributed by atoms with van der Waals surface area (Å²) in [7, 11) is 1.88. The molecule has 0 aliphatic carbocycles. The third kappa shape index (κ3) is 3.58. The number of carbonyl (C=O) groups excluding carboxylic acids is 1. The molecule has 2 aliphatic heterocycles. The summed E-state index contributed by atoms with van der Waals surface area (Å²) in [5.41, 5.74) is 3.32. The lowest BCUT2D eigenvalue weighted by atomic mass is 10.0. The van der Waals surface area contributed by atoms with Crippen LogP contribution in [0.1, 0.15) is 48.7 Å². The van der Waals surface area contributed by atoms with E-state index in [1.54, 1.807) is 4.68 Å². The predicted octanol–water partition coefficient (Wildman–Crippen LogP) is 2.97. The first-order valence-corrected chi connectivity index (χ1v) is 9.95. The van der Waals surface area contributed by atoms with Crippen molar-refractivity contribution in [3.05, 3.63) is 35.5 Å². The van der Waals surface area contributed by atoms with Crippen LogP contribution in [0.25, 0.3) is 11.3 Å². The molecule has 6 nitrogen and oxygen atoms in total. The van der Waals surface area contributed by atoms with Gasteiger partial charge in [0.15, 0.2) is 5.69 Å². The van der Waals surface area contributed by atoms with Crippen LogP contribution < -0.4 is 10.1 Å². The van der Waals surface area contributed by atoms with Gasteiger partial charge in [-0.3, -0.25) is 9.48 Å². The number of ether oxygens (including phenoxy) is 1. The molecule has 1 N–H and O–H groups in total. The van der Waals surface area contributed by atoms with Crippen molar-refractivity contribution in [3.8, 4) is 17.0 Å². The summed E-state index contributed by atoms with van der Waals surface area (Å²) in [6, 6.07) is 8.56. The second kappa shape index (κ2) is 7.72. The Balaban J connectivity index is 1.39. The molecule has 1 aromatic heterocycles. The van der Waals surface area contributed by atoms with Gasteiger partial charge in [-0.1, -0.05) is 18.6 Å².